The molecule has 3 rings (SSSR count). The molecule has 3 N–H and O–H groups in total. The Morgan fingerprint density at radius 1 is 1.15 bits per heavy atom. The van der Waals surface area contributed by atoms with Crippen LogP contribution in [0.15, 0.2) is 30.3 Å². The molecule has 34 heavy (non-hydrogen) atoms. The van der Waals surface area contributed by atoms with Crippen molar-refractivity contribution in [2.24, 2.45) is 17.8 Å². The normalized spacial score (nSPS) is 23.7. The van der Waals surface area contributed by atoms with Gasteiger partial charge in [0.15, 0.2) is 0 Å². The Hall–Kier alpha value is -2.90. The Morgan fingerprint density at radius 3 is 2.56 bits per heavy atom. The lowest BCUT2D eigenvalue weighted by atomic mass is 9.96. The summed E-state index contributed by atoms with van der Waals surface area (Å²) < 4.78 is 5.76. The summed E-state index contributed by atoms with van der Waals surface area (Å²) in [5.41, 5.74) is 1.22. The minimum atomic E-state index is -0.818. The Morgan fingerprint density at radius 2 is 1.91 bits per heavy atom. The summed E-state index contributed by atoms with van der Waals surface area (Å²) in [6.45, 7) is 4.50. The van der Waals surface area contributed by atoms with Crippen LogP contribution in [0.2, 0.25) is 0 Å². The minimum absolute atomic E-state index is 0.0943. The predicted molar refractivity (Wildman–Crippen MR) is 128 cm³/mol. The largest absolute Gasteiger partial charge is 0.446 e. The maximum absolute atomic E-state index is 12.9. The van der Waals surface area contributed by atoms with Crippen LogP contribution in [0.25, 0.3) is 0 Å². The molecule has 2 fully saturated rings. The molecule has 5 unspecified atom stereocenters. The van der Waals surface area contributed by atoms with E-state index in [9.17, 15) is 19.2 Å². The summed E-state index contributed by atoms with van der Waals surface area (Å²) in [5.74, 6) is -0.427. The van der Waals surface area contributed by atoms with Crippen molar-refractivity contribution in [3.8, 4) is 0 Å². The highest BCUT2D eigenvalue weighted by Crippen LogP contribution is 2.31. The lowest BCUT2D eigenvalue weighted by Crippen LogP contribution is -2.51. The van der Waals surface area contributed by atoms with Crippen molar-refractivity contribution in [2.45, 2.75) is 77.0 Å². The van der Waals surface area contributed by atoms with Gasteiger partial charge in [-0.25, -0.2) is 4.79 Å². The van der Waals surface area contributed by atoms with E-state index in [4.69, 9.17) is 4.74 Å². The van der Waals surface area contributed by atoms with Crippen LogP contribution in [0, 0.1) is 17.8 Å². The average Bonchev–Trinajstić information content (AvgIpc) is 3.41. The van der Waals surface area contributed by atoms with Gasteiger partial charge < -0.3 is 25.5 Å². The monoisotopic (exact) mass is 471 g/mol. The highest BCUT2D eigenvalue weighted by molar-refractivity contribution is 5.88. The third kappa shape index (κ3) is 7.57. The maximum atomic E-state index is 12.9. The third-order valence-electron chi connectivity index (χ3n) is 6.70. The molecule has 1 aliphatic carbocycles. The molecule has 8 nitrogen and oxygen atoms in total. The molecule has 1 saturated carbocycles. The smallest absolute Gasteiger partial charge is 0.408 e. The van der Waals surface area contributed by atoms with E-state index < -0.39 is 24.1 Å². The Bertz CT molecular complexity index is 844. The zero-order chi connectivity index (χ0) is 24.5. The van der Waals surface area contributed by atoms with Crippen molar-refractivity contribution < 1.29 is 23.9 Å². The Labute approximate surface area is 201 Å². The molecule has 0 bridgehead atoms. The minimum Gasteiger partial charge on any atom is -0.446 e. The van der Waals surface area contributed by atoms with Gasteiger partial charge in [-0.3, -0.25) is 9.59 Å². The number of nitrogens with one attached hydrogen (secondary N) is 3. The number of benzene rings is 1. The van der Waals surface area contributed by atoms with Crippen LogP contribution in [0.3, 0.4) is 0 Å². The number of hydrogen-bond donors (Lipinski definition) is 3. The Balaban J connectivity index is 1.55. The van der Waals surface area contributed by atoms with Crippen LogP contribution >= 0.6 is 0 Å². The van der Waals surface area contributed by atoms with Gasteiger partial charge in [0.25, 0.3) is 0 Å². The fourth-order valence-corrected chi connectivity index (χ4v) is 4.93. The second kappa shape index (κ2) is 12.5. The molecule has 1 saturated heterocycles. The molecule has 1 aliphatic heterocycles. The van der Waals surface area contributed by atoms with Gasteiger partial charge in [-0.05, 0) is 56.4 Å². The number of carbonyl (C=O) groups is 4. The Kier molecular flexibility index (Phi) is 9.48. The topological polar surface area (TPSA) is 114 Å². The number of ether oxygens (including phenoxy) is 1. The molecule has 8 heteroatoms. The third-order valence-corrected chi connectivity index (χ3v) is 6.70. The van der Waals surface area contributed by atoms with Gasteiger partial charge >= 0.3 is 6.09 Å². The van der Waals surface area contributed by atoms with E-state index in [1.165, 1.54) is 5.56 Å². The first kappa shape index (κ1) is 25.7. The first-order valence-corrected chi connectivity index (χ1v) is 12.4. The summed E-state index contributed by atoms with van der Waals surface area (Å²) in [5, 5.41) is 8.16. The van der Waals surface area contributed by atoms with Gasteiger partial charge in [0.1, 0.15) is 18.4 Å². The second-order valence-electron chi connectivity index (χ2n) is 9.91. The summed E-state index contributed by atoms with van der Waals surface area (Å²) in [6, 6.07) is 8.56. The first-order chi connectivity index (χ1) is 16.4. The van der Waals surface area contributed by atoms with Crippen LogP contribution in [0.4, 0.5) is 4.79 Å². The fourth-order valence-electron chi connectivity index (χ4n) is 4.93. The summed E-state index contributed by atoms with van der Waals surface area (Å²) in [4.78, 5) is 49.1. The van der Waals surface area contributed by atoms with E-state index in [1.54, 1.807) is 0 Å². The number of amides is 3. The van der Waals surface area contributed by atoms with E-state index in [0.29, 0.717) is 25.7 Å². The van der Waals surface area contributed by atoms with Crippen LogP contribution in [0.5, 0.6) is 0 Å². The van der Waals surface area contributed by atoms with Gasteiger partial charge in [0, 0.05) is 18.4 Å². The molecular formula is C26H37N3O5. The molecule has 1 aromatic carbocycles. The van der Waals surface area contributed by atoms with Gasteiger partial charge in [-0.1, -0.05) is 44.2 Å². The lowest BCUT2D eigenvalue weighted by Gasteiger charge is -2.25. The summed E-state index contributed by atoms with van der Waals surface area (Å²) >= 11 is 0. The molecule has 1 heterocycles. The second-order valence-corrected chi connectivity index (χ2v) is 9.91. The maximum Gasteiger partial charge on any atom is 0.408 e. The van der Waals surface area contributed by atoms with Crippen molar-refractivity contribution in [2.75, 3.05) is 6.54 Å². The SMILES string of the molecule is CC(C)CC(NC(=O)OC1CCCC1Cc1ccccc1)C(=O)NC(C=O)CC1CCNC1=O. The highest BCUT2D eigenvalue weighted by Gasteiger charge is 2.33. The lowest BCUT2D eigenvalue weighted by molar-refractivity contribution is -0.127. The van der Waals surface area contributed by atoms with Crippen molar-refractivity contribution in [1.82, 2.24) is 16.0 Å². The number of hydrogen-bond acceptors (Lipinski definition) is 5. The van der Waals surface area contributed by atoms with Crippen LogP contribution in [-0.4, -0.2) is 48.9 Å². The van der Waals surface area contributed by atoms with E-state index in [0.717, 1.165) is 25.7 Å². The van der Waals surface area contributed by atoms with Gasteiger partial charge in [0.05, 0.1) is 6.04 Å². The van der Waals surface area contributed by atoms with E-state index >= 15 is 0 Å². The fraction of sp³-hybridized carbons (Fsp3) is 0.615. The summed E-state index contributed by atoms with van der Waals surface area (Å²) in [6.07, 6.45) is 4.82. The van der Waals surface area contributed by atoms with E-state index in [1.807, 2.05) is 32.0 Å². The number of alkyl carbamates (subject to hydrolysis) is 1. The number of rotatable bonds is 11. The van der Waals surface area contributed by atoms with E-state index in [-0.39, 0.29) is 36.2 Å². The molecule has 0 aromatic heterocycles. The van der Waals surface area contributed by atoms with Crippen molar-refractivity contribution >= 4 is 24.2 Å². The van der Waals surface area contributed by atoms with Crippen LogP contribution in [-0.2, 0) is 25.5 Å². The average molecular weight is 472 g/mol. The van der Waals surface area contributed by atoms with Crippen molar-refractivity contribution in [3.05, 3.63) is 35.9 Å². The van der Waals surface area contributed by atoms with Crippen molar-refractivity contribution in [1.29, 1.82) is 0 Å². The molecule has 0 spiro atoms. The molecule has 186 valence electrons. The molecule has 1 aromatic rings. The van der Waals surface area contributed by atoms with E-state index in [2.05, 4.69) is 28.1 Å². The zero-order valence-electron chi connectivity index (χ0n) is 20.1. The van der Waals surface area contributed by atoms with Crippen molar-refractivity contribution in [3.63, 3.8) is 0 Å². The predicted octanol–water partition coefficient (Wildman–Crippen LogP) is 2.75. The molecule has 0 radical (unpaired) electrons. The summed E-state index contributed by atoms with van der Waals surface area (Å²) in [7, 11) is 0. The quantitative estimate of drug-likeness (QED) is 0.430. The molecular weight excluding hydrogens is 434 g/mol. The van der Waals surface area contributed by atoms with Crippen LogP contribution < -0.4 is 16.0 Å². The van der Waals surface area contributed by atoms with Crippen LogP contribution in [0.1, 0.15) is 57.9 Å². The van der Waals surface area contributed by atoms with Gasteiger partial charge in [-0.2, -0.15) is 0 Å². The first-order valence-electron chi connectivity index (χ1n) is 12.4. The van der Waals surface area contributed by atoms with Gasteiger partial charge in [-0.15, -0.1) is 0 Å². The highest BCUT2D eigenvalue weighted by atomic mass is 16.6. The zero-order valence-corrected chi connectivity index (χ0v) is 20.1. The number of carbonyl (C=O) groups excluding carboxylic acids is 4. The van der Waals surface area contributed by atoms with Gasteiger partial charge in [0.2, 0.25) is 11.8 Å². The molecule has 5 atom stereocenters. The number of aldehydes is 1. The standard InChI is InChI=1S/C26H37N3O5/c1-17(2)13-22(25(32)28-21(16-30)15-20-11-12-27-24(20)31)29-26(33)34-23-10-6-9-19(23)14-18-7-4-3-5-8-18/h3-5,7-8,16-17,19-23H,6,9-15H2,1-2H3,(H,27,31)(H,28,32)(H,29,33). The molecule has 2 aliphatic rings. The molecule has 3 amide bonds.